The summed E-state index contributed by atoms with van der Waals surface area (Å²) in [4.78, 5) is 12.3. The Labute approximate surface area is 143 Å². The molecule has 1 aliphatic rings. The average molecular weight is 327 g/mol. The predicted octanol–water partition coefficient (Wildman–Crippen LogP) is 2.85. The van der Waals surface area contributed by atoms with Crippen molar-refractivity contribution in [1.29, 1.82) is 0 Å². The number of nitrogens with zero attached hydrogens (tertiary/aromatic N) is 2. The van der Waals surface area contributed by atoms with Gasteiger partial charge in [-0.3, -0.25) is 9.48 Å². The van der Waals surface area contributed by atoms with E-state index in [1.54, 1.807) is 0 Å². The summed E-state index contributed by atoms with van der Waals surface area (Å²) in [5.41, 5.74) is 4.00. The zero-order chi connectivity index (χ0) is 17.1. The first-order valence-electron chi connectivity index (χ1n) is 8.57. The average Bonchev–Trinajstić information content (AvgIpc) is 2.83. The largest absolute Gasteiger partial charge is 0.378 e. The van der Waals surface area contributed by atoms with Crippen LogP contribution < -0.4 is 5.32 Å². The first kappa shape index (κ1) is 16.7. The number of carbonyl (C=O) groups is 1. The number of amides is 1. The van der Waals surface area contributed by atoms with Crippen LogP contribution in [0.4, 0.5) is 0 Å². The number of benzene rings is 1. The van der Waals surface area contributed by atoms with Crippen molar-refractivity contribution in [2.45, 2.75) is 52.3 Å². The lowest BCUT2D eigenvalue weighted by atomic mass is 9.89. The van der Waals surface area contributed by atoms with E-state index in [1.807, 2.05) is 42.8 Å². The van der Waals surface area contributed by atoms with Crippen molar-refractivity contribution in [2.75, 3.05) is 6.61 Å². The molecule has 128 valence electrons. The predicted molar refractivity (Wildman–Crippen MR) is 93.1 cm³/mol. The number of aryl methyl sites for hydroxylation is 2. The topological polar surface area (TPSA) is 56.1 Å². The van der Waals surface area contributed by atoms with E-state index in [9.17, 15) is 4.79 Å². The standard InChI is InChI=1S/C19H25N3O2/c1-4-24-18-10-17(11-18)20-19(23)16-7-5-15(6-8-16)12-22-14(3)9-13(2)21-22/h5-9,17-18H,4,10-12H2,1-3H3,(H,20,23). The molecule has 1 amide bonds. The van der Waals surface area contributed by atoms with Crippen LogP contribution in [0.2, 0.25) is 0 Å². The fourth-order valence-corrected chi connectivity index (χ4v) is 3.09. The Morgan fingerprint density at radius 3 is 2.58 bits per heavy atom. The summed E-state index contributed by atoms with van der Waals surface area (Å²) in [5.74, 6) is -0.00684. The highest BCUT2D eigenvalue weighted by molar-refractivity contribution is 5.94. The SMILES string of the molecule is CCOC1CC(NC(=O)c2ccc(Cn3nc(C)cc3C)cc2)C1. The number of hydrogen-bond donors (Lipinski definition) is 1. The van der Waals surface area contributed by atoms with Gasteiger partial charge >= 0.3 is 0 Å². The van der Waals surface area contributed by atoms with Gasteiger partial charge in [0.25, 0.3) is 5.91 Å². The molecule has 0 atom stereocenters. The molecule has 0 spiro atoms. The van der Waals surface area contributed by atoms with E-state index in [0.717, 1.165) is 42.9 Å². The van der Waals surface area contributed by atoms with Gasteiger partial charge in [0.1, 0.15) is 0 Å². The summed E-state index contributed by atoms with van der Waals surface area (Å²) in [7, 11) is 0. The van der Waals surface area contributed by atoms with Crippen molar-refractivity contribution in [2.24, 2.45) is 0 Å². The molecule has 0 aliphatic heterocycles. The fourth-order valence-electron chi connectivity index (χ4n) is 3.09. The van der Waals surface area contributed by atoms with Crippen LogP contribution >= 0.6 is 0 Å². The number of rotatable bonds is 6. The molecular formula is C19H25N3O2. The minimum absolute atomic E-state index is 0.00684. The minimum Gasteiger partial charge on any atom is -0.378 e. The van der Waals surface area contributed by atoms with E-state index in [0.29, 0.717) is 11.7 Å². The highest BCUT2D eigenvalue weighted by Gasteiger charge is 2.30. The molecule has 3 rings (SSSR count). The molecule has 5 nitrogen and oxygen atoms in total. The monoisotopic (exact) mass is 327 g/mol. The third-order valence-corrected chi connectivity index (χ3v) is 4.48. The van der Waals surface area contributed by atoms with E-state index in [4.69, 9.17) is 4.74 Å². The van der Waals surface area contributed by atoms with Crippen molar-refractivity contribution in [3.05, 3.63) is 52.8 Å². The quantitative estimate of drug-likeness (QED) is 0.887. The normalized spacial score (nSPS) is 19.8. The summed E-state index contributed by atoms with van der Waals surface area (Å²) < 4.78 is 7.50. The molecule has 2 aromatic rings. The molecule has 1 heterocycles. The van der Waals surface area contributed by atoms with E-state index in [-0.39, 0.29) is 11.9 Å². The molecule has 1 aromatic carbocycles. The van der Waals surface area contributed by atoms with Crippen molar-refractivity contribution < 1.29 is 9.53 Å². The lowest BCUT2D eigenvalue weighted by molar-refractivity contribution is -0.00862. The van der Waals surface area contributed by atoms with Crippen LogP contribution in [-0.2, 0) is 11.3 Å². The zero-order valence-electron chi connectivity index (χ0n) is 14.6. The lowest BCUT2D eigenvalue weighted by Crippen LogP contribution is -2.47. The van der Waals surface area contributed by atoms with Crippen LogP contribution in [0.1, 0.15) is 47.1 Å². The molecule has 0 radical (unpaired) electrons. The second kappa shape index (κ2) is 7.18. The van der Waals surface area contributed by atoms with Crippen molar-refractivity contribution >= 4 is 5.91 Å². The fraction of sp³-hybridized carbons (Fsp3) is 0.474. The summed E-state index contributed by atoms with van der Waals surface area (Å²) in [6.07, 6.45) is 2.13. The Morgan fingerprint density at radius 2 is 2.00 bits per heavy atom. The van der Waals surface area contributed by atoms with Gasteiger partial charge < -0.3 is 10.1 Å². The number of hydrogen-bond acceptors (Lipinski definition) is 3. The second-order valence-electron chi connectivity index (χ2n) is 6.50. The molecule has 5 heteroatoms. The van der Waals surface area contributed by atoms with Gasteiger partial charge in [0.15, 0.2) is 0 Å². The van der Waals surface area contributed by atoms with E-state index in [2.05, 4.69) is 23.4 Å². The summed E-state index contributed by atoms with van der Waals surface area (Å²) in [6.45, 7) is 7.51. The molecule has 0 saturated heterocycles. The highest BCUT2D eigenvalue weighted by atomic mass is 16.5. The van der Waals surface area contributed by atoms with Crippen LogP contribution in [0.15, 0.2) is 30.3 Å². The van der Waals surface area contributed by atoms with Crippen LogP contribution in [0.25, 0.3) is 0 Å². The lowest BCUT2D eigenvalue weighted by Gasteiger charge is -2.35. The third-order valence-electron chi connectivity index (χ3n) is 4.48. The smallest absolute Gasteiger partial charge is 0.251 e. The molecule has 1 saturated carbocycles. The van der Waals surface area contributed by atoms with Gasteiger partial charge in [-0.2, -0.15) is 5.10 Å². The Hall–Kier alpha value is -2.14. The van der Waals surface area contributed by atoms with E-state index in [1.165, 1.54) is 0 Å². The van der Waals surface area contributed by atoms with Gasteiger partial charge in [-0.15, -0.1) is 0 Å². The highest BCUT2D eigenvalue weighted by Crippen LogP contribution is 2.23. The third kappa shape index (κ3) is 3.85. The van der Waals surface area contributed by atoms with Crippen molar-refractivity contribution in [3.8, 4) is 0 Å². The molecular weight excluding hydrogens is 302 g/mol. The van der Waals surface area contributed by atoms with Gasteiger partial charge in [0.05, 0.1) is 18.3 Å². The summed E-state index contributed by atoms with van der Waals surface area (Å²) in [5, 5.41) is 7.53. The molecule has 0 unspecified atom stereocenters. The van der Waals surface area contributed by atoms with Gasteiger partial charge in [0.2, 0.25) is 0 Å². The van der Waals surface area contributed by atoms with Crippen molar-refractivity contribution in [1.82, 2.24) is 15.1 Å². The Bertz CT molecular complexity index is 700. The first-order chi connectivity index (χ1) is 11.5. The maximum absolute atomic E-state index is 12.3. The summed E-state index contributed by atoms with van der Waals surface area (Å²) >= 11 is 0. The van der Waals surface area contributed by atoms with Gasteiger partial charge in [-0.1, -0.05) is 12.1 Å². The van der Waals surface area contributed by atoms with Gasteiger partial charge in [0, 0.05) is 23.9 Å². The van der Waals surface area contributed by atoms with E-state index < -0.39 is 0 Å². The van der Waals surface area contributed by atoms with Crippen molar-refractivity contribution in [3.63, 3.8) is 0 Å². The van der Waals surface area contributed by atoms with Crippen LogP contribution in [0, 0.1) is 13.8 Å². The zero-order valence-corrected chi connectivity index (χ0v) is 14.6. The molecule has 1 aromatic heterocycles. The summed E-state index contributed by atoms with van der Waals surface area (Å²) in [6, 6.07) is 10.1. The molecule has 1 aliphatic carbocycles. The van der Waals surface area contributed by atoms with Crippen LogP contribution in [0.3, 0.4) is 0 Å². The molecule has 1 N–H and O–H groups in total. The Kier molecular flexibility index (Phi) is 5.00. The maximum Gasteiger partial charge on any atom is 0.251 e. The number of aromatic nitrogens is 2. The molecule has 1 fully saturated rings. The van der Waals surface area contributed by atoms with Crippen LogP contribution in [0.5, 0.6) is 0 Å². The number of nitrogens with one attached hydrogen (secondary N) is 1. The maximum atomic E-state index is 12.3. The van der Waals surface area contributed by atoms with E-state index >= 15 is 0 Å². The second-order valence-corrected chi connectivity index (χ2v) is 6.50. The molecule has 0 bridgehead atoms. The Balaban J connectivity index is 1.54. The number of carbonyl (C=O) groups excluding carboxylic acids is 1. The van der Waals surface area contributed by atoms with Crippen LogP contribution in [-0.4, -0.2) is 34.4 Å². The van der Waals surface area contributed by atoms with Gasteiger partial charge in [-0.05, 0) is 57.4 Å². The first-order valence-corrected chi connectivity index (χ1v) is 8.57. The van der Waals surface area contributed by atoms with Gasteiger partial charge in [-0.25, -0.2) is 0 Å². The minimum atomic E-state index is -0.00684. The Morgan fingerprint density at radius 1 is 1.29 bits per heavy atom. The molecule has 24 heavy (non-hydrogen) atoms. The number of ether oxygens (including phenoxy) is 1.